The first kappa shape index (κ1) is 17.2. The van der Waals surface area contributed by atoms with Crippen molar-refractivity contribution < 1.29 is 14.7 Å². The van der Waals surface area contributed by atoms with Crippen molar-refractivity contribution >= 4 is 29.5 Å². The number of hydrogen-bond donors (Lipinski definition) is 1. The second-order valence-electron chi connectivity index (χ2n) is 6.82. The summed E-state index contributed by atoms with van der Waals surface area (Å²) in [5.41, 5.74) is 1.61. The molecular formula is C18H23ClN2O3. The van der Waals surface area contributed by atoms with E-state index in [9.17, 15) is 9.59 Å². The van der Waals surface area contributed by atoms with Crippen LogP contribution < -0.4 is 4.90 Å². The summed E-state index contributed by atoms with van der Waals surface area (Å²) in [6, 6.07) is 5.39. The van der Waals surface area contributed by atoms with Crippen LogP contribution in [-0.4, -0.2) is 55.0 Å². The molecule has 0 aliphatic carbocycles. The number of rotatable bonds is 5. The normalized spacial score (nSPS) is 22.7. The summed E-state index contributed by atoms with van der Waals surface area (Å²) < 4.78 is 0. The van der Waals surface area contributed by atoms with Gasteiger partial charge in [0.2, 0.25) is 0 Å². The molecule has 0 aromatic heterocycles. The molecule has 6 heteroatoms. The Morgan fingerprint density at radius 1 is 1.21 bits per heavy atom. The molecule has 2 aliphatic rings. The summed E-state index contributed by atoms with van der Waals surface area (Å²) in [4.78, 5) is 26.4. The number of carboxylic acids is 1. The Morgan fingerprint density at radius 3 is 2.58 bits per heavy atom. The van der Waals surface area contributed by atoms with Crippen molar-refractivity contribution in [3.63, 3.8) is 0 Å². The fourth-order valence-electron chi connectivity index (χ4n) is 4.08. The van der Waals surface area contributed by atoms with Gasteiger partial charge in [0, 0.05) is 35.9 Å². The fourth-order valence-corrected chi connectivity index (χ4v) is 4.25. The second kappa shape index (κ2) is 7.53. The highest BCUT2D eigenvalue weighted by atomic mass is 35.5. The number of aldehydes is 1. The van der Waals surface area contributed by atoms with Crippen molar-refractivity contribution in [3.05, 3.63) is 28.8 Å². The Morgan fingerprint density at radius 2 is 1.92 bits per heavy atom. The Hall–Kier alpha value is -1.59. The van der Waals surface area contributed by atoms with Gasteiger partial charge in [-0.2, -0.15) is 0 Å². The van der Waals surface area contributed by atoms with E-state index in [-0.39, 0.29) is 6.54 Å². The smallest absolute Gasteiger partial charge is 0.317 e. The SMILES string of the molecule is O=Cc1ccc(Cl)cc1N1CCC(C2CCN(CC(=O)O)C2)CC1. The third-order valence-electron chi connectivity index (χ3n) is 5.33. The van der Waals surface area contributed by atoms with E-state index in [2.05, 4.69) is 4.90 Å². The van der Waals surface area contributed by atoms with E-state index >= 15 is 0 Å². The molecule has 0 radical (unpaired) electrons. The Labute approximate surface area is 147 Å². The van der Waals surface area contributed by atoms with Crippen LogP contribution in [0.15, 0.2) is 18.2 Å². The number of piperidine rings is 1. The van der Waals surface area contributed by atoms with E-state index < -0.39 is 5.97 Å². The Bertz CT molecular complexity index is 614. The molecule has 24 heavy (non-hydrogen) atoms. The molecule has 130 valence electrons. The number of carbonyl (C=O) groups excluding carboxylic acids is 1. The standard InChI is InChI=1S/C18H23ClN2O3/c19-16-2-1-15(12-22)17(9-16)21-7-4-13(5-8-21)14-3-6-20(10-14)11-18(23)24/h1-2,9,12-14H,3-8,10-11H2,(H,23,24). The molecule has 1 aromatic carbocycles. The minimum atomic E-state index is -0.743. The lowest BCUT2D eigenvalue weighted by atomic mass is 9.83. The molecular weight excluding hydrogens is 328 g/mol. The van der Waals surface area contributed by atoms with Crippen LogP contribution in [0.1, 0.15) is 29.6 Å². The van der Waals surface area contributed by atoms with Gasteiger partial charge in [-0.25, -0.2) is 0 Å². The van der Waals surface area contributed by atoms with Crippen LogP contribution in [0.4, 0.5) is 5.69 Å². The molecule has 1 unspecified atom stereocenters. The number of carbonyl (C=O) groups is 2. The molecule has 2 saturated heterocycles. The molecule has 1 N–H and O–H groups in total. The van der Waals surface area contributed by atoms with Crippen molar-refractivity contribution in [1.29, 1.82) is 0 Å². The number of halogens is 1. The molecule has 0 amide bonds. The highest BCUT2D eigenvalue weighted by Crippen LogP contribution is 2.34. The zero-order valence-electron chi connectivity index (χ0n) is 13.7. The number of benzene rings is 1. The van der Waals surface area contributed by atoms with Crippen molar-refractivity contribution in [2.75, 3.05) is 37.6 Å². The lowest BCUT2D eigenvalue weighted by molar-refractivity contribution is -0.138. The van der Waals surface area contributed by atoms with E-state index in [1.807, 2.05) is 11.0 Å². The summed E-state index contributed by atoms with van der Waals surface area (Å²) in [5.74, 6) is 0.489. The van der Waals surface area contributed by atoms with E-state index in [4.69, 9.17) is 16.7 Å². The molecule has 0 saturated carbocycles. The number of carboxylic acid groups (broad SMARTS) is 1. The number of aliphatic carboxylic acids is 1. The quantitative estimate of drug-likeness (QED) is 0.827. The molecule has 1 aromatic rings. The number of likely N-dealkylation sites (tertiary alicyclic amines) is 1. The highest BCUT2D eigenvalue weighted by molar-refractivity contribution is 6.31. The molecule has 2 aliphatic heterocycles. The van der Waals surface area contributed by atoms with E-state index in [0.29, 0.717) is 22.4 Å². The van der Waals surface area contributed by atoms with Crippen LogP contribution in [0.5, 0.6) is 0 Å². The minimum Gasteiger partial charge on any atom is -0.480 e. The van der Waals surface area contributed by atoms with Gasteiger partial charge in [-0.05, 0) is 55.8 Å². The van der Waals surface area contributed by atoms with Crippen molar-refractivity contribution in [2.24, 2.45) is 11.8 Å². The van der Waals surface area contributed by atoms with Gasteiger partial charge in [-0.15, -0.1) is 0 Å². The molecule has 5 nitrogen and oxygen atoms in total. The number of hydrogen-bond acceptors (Lipinski definition) is 4. The predicted octanol–water partition coefficient (Wildman–Crippen LogP) is 2.78. The summed E-state index contributed by atoms with van der Waals surface area (Å²) >= 11 is 6.09. The summed E-state index contributed by atoms with van der Waals surface area (Å²) in [7, 11) is 0. The molecule has 0 bridgehead atoms. The van der Waals surface area contributed by atoms with E-state index in [1.165, 1.54) is 0 Å². The second-order valence-corrected chi connectivity index (χ2v) is 7.26. The molecule has 2 heterocycles. The van der Waals surface area contributed by atoms with Crippen LogP contribution in [0, 0.1) is 11.8 Å². The lowest BCUT2D eigenvalue weighted by Gasteiger charge is -2.36. The summed E-state index contributed by atoms with van der Waals surface area (Å²) in [6.45, 7) is 3.78. The van der Waals surface area contributed by atoms with E-state index in [0.717, 1.165) is 57.4 Å². The molecule has 3 rings (SSSR count). The maximum Gasteiger partial charge on any atom is 0.317 e. The fraction of sp³-hybridized carbons (Fsp3) is 0.556. The largest absolute Gasteiger partial charge is 0.480 e. The van der Waals surface area contributed by atoms with Crippen molar-refractivity contribution in [2.45, 2.75) is 19.3 Å². The highest BCUT2D eigenvalue weighted by Gasteiger charge is 2.32. The van der Waals surface area contributed by atoms with Crippen molar-refractivity contribution in [1.82, 2.24) is 4.90 Å². The number of anilines is 1. The summed E-state index contributed by atoms with van der Waals surface area (Å²) in [6.07, 6.45) is 4.14. The maximum absolute atomic E-state index is 11.3. The average Bonchev–Trinajstić information content (AvgIpc) is 3.02. The lowest BCUT2D eigenvalue weighted by Crippen LogP contribution is -2.37. The van der Waals surface area contributed by atoms with Crippen LogP contribution in [0.25, 0.3) is 0 Å². The van der Waals surface area contributed by atoms with Crippen LogP contribution >= 0.6 is 11.6 Å². The molecule has 2 fully saturated rings. The van der Waals surface area contributed by atoms with Gasteiger partial charge in [-0.3, -0.25) is 14.5 Å². The van der Waals surface area contributed by atoms with Gasteiger partial charge in [0.05, 0.1) is 6.54 Å². The van der Waals surface area contributed by atoms with Gasteiger partial charge in [0.15, 0.2) is 6.29 Å². The van der Waals surface area contributed by atoms with Gasteiger partial charge in [0.1, 0.15) is 0 Å². The third-order valence-corrected chi connectivity index (χ3v) is 5.57. The zero-order valence-corrected chi connectivity index (χ0v) is 14.4. The first-order chi connectivity index (χ1) is 11.6. The Kier molecular flexibility index (Phi) is 5.41. The predicted molar refractivity (Wildman–Crippen MR) is 94.0 cm³/mol. The minimum absolute atomic E-state index is 0.153. The monoisotopic (exact) mass is 350 g/mol. The molecule has 1 atom stereocenters. The summed E-state index contributed by atoms with van der Waals surface area (Å²) in [5, 5.41) is 9.57. The van der Waals surface area contributed by atoms with Crippen LogP contribution in [-0.2, 0) is 4.79 Å². The zero-order chi connectivity index (χ0) is 17.1. The molecule has 0 spiro atoms. The average molecular weight is 351 g/mol. The number of nitrogens with zero attached hydrogens (tertiary/aromatic N) is 2. The Balaban J connectivity index is 1.58. The van der Waals surface area contributed by atoms with Crippen LogP contribution in [0.3, 0.4) is 0 Å². The van der Waals surface area contributed by atoms with E-state index in [1.54, 1.807) is 12.1 Å². The topological polar surface area (TPSA) is 60.9 Å². The maximum atomic E-state index is 11.3. The third kappa shape index (κ3) is 3.90. The van der Waals surface area contributed by atoms with Gasteiger partial charge >= 0.3 is 5.97 Å². The van der Waals surface area contributed by atoms with Gasteiger partial charge < -0.3 is 10.0 Å². The van der Waals surface area contributed by atoms with Crippen LogP contribution in [0.2, 0.25) is 5.02 Å². The van der Waals surface area contributed by atoms with Crippen molar-refractivity contribution in [3.8, 4) is 0 Å². The van der Waals surface area contributed by atoms with Gasteiger partial charge in [-0.1, -0.05) is 11.6 Å². The van der Waals surface area contributed by atoms with Gasteiger partial charge in [0.25, 0.3) is 0 Å². The first-order valence-corrected chi connectivity index (χ1v) is 8.88. The first-order valence-electron chi connectivity index (χ1n) is 8.50.